The molecule has 0 radical (unpaired) electrons. The fourth-order valence-electron chi connectivity index (χ4n) is 4.85. The van der Waals surface area contributed by atoms with E-state index in [1.165, 1.54) is 23.9 Å². The number of alkyl halides is 3. The van der Waals surface area contributed by atoms with Crippen LogP contribution in [0.15, 0.2) is 59.5 Å². The maximum atomic E-state index is 13.6. The molecule has 1 saturated heterocycles. The van der Waals surface area contributed by atoms with E-state index in [0.717, 1.165) is 17.2 Å². The van der Waals surface area contributed by atoms with Crippen LogP contribution >= 0.6 is 0 Å². The van der Waals surface area contributed by atoms with Crippen molar-refractivity contribution in [1.29, 1.82) is 0 Å². The summed E-state index contributed by atoms with van der Waals surface area (Å²) >= 11 is 0. The number of ether oxygens (including phenoxy) is 5. The van der Waals surface area contributed by atoms with Gasteiger partial charge in [0.05, 0.1) is 30.9 Å². The van der Waals surface area contributed by atoms with Gasteiger partial charge < -0.3 is 23.7 Å². The summed E-state index contributed by atoms with van der Waals surface area (Å²) in [4.78, 5) is 17.7. The molecule has 0 amide bonds. The third-order valence-electron chi connectivity index (χ3n) is 7.19. The SMILES string of the molecule is CCn1c(COCc2ccccc2)nn(-c2cc(O[C@@H](C)C(F)(F)F)c3c(OC4CCOCC4OC)nccc3c2)c1=O. The molecular formula is C30H33F3N4O6. The highest BCUT2D eigenvalue weighted by Gasteiger charge is 2.39. The number of halogens is 3. The van der Waals surface area contributed by atoms with Crippen LogP contribution in [0.4, 0.5) is 13.2 Å². The summed E-state index contributed by atoms with van der Waals surface area (Å²) in [5.41, 5.74) is 0.716. The normalized spacial score (nSPS) is 18.1. The van der Waals surface area contributed by atoms with Crippen LogP contribution in [-0.2, 0) is 34.0 Å². The first-order valence-corrected chi connectivity index (χ1v) is 13.9. The monoisotopic (exact) mass is 602 g/mol. The first kappa shape index (κ1) is 30.5. The topological polar surface area (TPSA) is 98.9 Å². The lowest BCUT2D eigenvalue weighted by molar-refractivity contribution is -0.189. The molecule has 0 saturated carbocycles. The lowest BCUT2D eigenvalue weighted by Gasteiger charge is -2.30. The molecule has 10 nitrogen and oxygen atoms in total. The summed E-state index contributed by atoms with van der Waals surface area (Å²) in [6.07, 6.45) is -5.63. The van der Waals surface area contributed by atoms with Crippen LogP contribution in [0.25, 0.3) is 16.5 Å². The van der Waals surface area contributed by atoms with E-state index in [-0.39, 0.29) is 35.4 Å². The van der Waals surface area contributed by atoms with E-state index in [2.05, 4.69) is 10.1 Å². The van der Waals surface area contributed by atoms with Gasteiger partial charge in [-0.25, -0.2) is 9.78 Å². The Balaban J connectivity index is 1.54. The van der Waals surface area contributed by atoms with Crippen molar-refractivity contribution in [2.75, 3.05) is 20.3 Å². The second-order valence-electron chi connectivity index (χ2n) is 10.1. The van der Waals surface area contributed by atoms with Gasteiger partial charge in [0.2, 0.25) is 5.88 Å². The van der Waals surface area contributed by atoms with Crippen molar-refractivity contribution in [2.24, 2.45) is 0 Å². The van der Waals surface area contributed by atoms with Crippen LogP contribution in [0.1, 0.15) is 31.7 Å². The minimum absolute atomic E-state index is 0.0562. The lowest BCUT2D eigenvalue weighted by Crippen LogP contribution is -2.42. The standard InChI is InChI=1S/C30H33F3N4O6/c1-4-36-26(18-41-16-20-8-6-5-7-9-20)35-37(29(36)38)22-14-21-10-12-34-28(43-23-11-13-40-17-25(23)39-3)27(21)24(15-22)42-19(2)30(31,32)33/h5-10,12,14-15,19,23,25H,4,11,13,16-18H2,1-3H3/t19-,23?,25?/m0/s1. The molecule has 5 rings (SSSR count). The summed E-state index contributed by atoms with van der Waals surface area (Å²) in [5, 5.41) is 5.17. The molecule has 13 heteroatoms. The fraction of sp³-hybridized carbons (Fsp3) is 0.433. The number of rotatable bonds is 11. The lowest BCUT2D eigenvalue weighted by atomic mass is 10.1. The largest absolute Gasteiger partial charge is 0.480 e. The van der Waals surface area contributed by atoms with E-state index in [1.807, 2.05) is 30.3 Å². The Morgan fingerprint density at radius 1 is 1.12 bits per heavy atom. The molecule has 3 atom stereocenters. The van der Waals surface area contributed by atoms with Crippen LogP contribution in [0.5, 0.6) is 11.6 Å². The molecule has 230 valence electrons. The van der Waals surface area contributed by atoms with Gasteiger partial charge >= 0.3 is 11.9 Å². The Bertz CT molecular complexity index is 1590. The molecule has 4 aromatic rings. The van der Waals surface area contributed by atoms with Gasteiger partial charge in [0, 0.05) is 32.3 Å². The quantitative estimate of drug-likeness (QED) is 0.241. The van der Waals surface area contributed by atoms with Crippen LogP contribution in [0.2, 0.25) is 0 Å². The van der Waals surface area contributed by atoms with Crippen molar-refractivity contribution in [1.82, 2.24) is 19.3 Å². The summed E-state index contributed by atoms with van der Waals surface area (Å²) in [5.74, 6) is 0.309. The molecule has 0 aliphatic carbocycles. The third kappa shape index (κ3) is 6.84. The number of benzene rings is 2. The van der Waals surface area contributed by atoms with Gasteiger partial charge in [0.25, 0.3) is 0 Å². The first-order valence-electron chi connectivity index (χ1n) is 13.9. The highest BCUT2D eigenvalue weighted by atomic mass is 19.4. The van der Waals surface area contributed by atoms with Gasteiger partial charge in [-0.2, -0.15) is 17.9 Å². The Labute approximate surface area is 245 Å². The van der Waals surface area contributed by atoms with Crippen molar-refractivity contribution in [2.45, 2.75) is 64.5 Å². The van der Waals surface area contributed by atoms with Crippen molar-refractivity contribution in [3.63, 3.8) is 0 Å². The molecule has 0 spiro atoms. The van der Waals surface area contributed by atoms with Gasteiger partial charge in [-0.05, 0) is 36.9 Å². The van der Waals surface area contributed by atoms with Crippen LogP contribution < -0.4 is 15.2 Å². The molecule has 1 fully saturated rings. The maximum absolute atomic E-state index is 13.6. The molecule has 0 N–H and O–H groups in total. The average Bonchev–Trinajstić information content (AvgIpc) is 3.32. The van der Waals surface area contributed by atoms with Gasteiger partial charge in [-0.3, -0.25) is 4.57 Å². The zero-order valence-electron chi connectivity index (χ0n) is 24.0. The van der Waals surface area contributed by atoms with E-state index in [1.54, 1.807) is 19.1 Å². The Morgan fingerprint density at radius 2 is 1.91 bits per heavy atom. The number of pyridine rings is 1. The van der Waals surface area contributed by atoms with Crippen molar-refractivity contribution in [3.05, 3.63) is 76.6 Å². The maximum Gasteiger partial charge on any atom is 0.425 e. The van der Waals surface area contributed by atoms with Crippen molar-refractivity contribution in [3.8, 4) is 17.3 Å². The number of hydrogen-bond donors (Lipinski definition) is 0. The molecule has 3 heterocycles. The predicted octanol–water partition coefficient (Wildman–Crippen LogP) is 4.83. The first-order chi connectivity index (χ1) is 20.7. The van der Waals surface area contributed by atoms with E-state index < -0.39 is 24.1 Å². The minimum Gasteiger partial charge on any atom is -0.480 e. The zero-order chi connectivity index (χ0) is 30.6. The Hall–Kier alpha value is -3.94. The number of aromatic nitrogens is 4. The van der Waals surface area contributed by atoms with E-state index in [4.69, 9.17) is 23.7 Å². The number of hydrogen-bond acceptors (Lipinski definition) is 8. The van der Waals surface area contributed by atoms with Crippen molar-refractivity contribution >= 4 is 10.8 Å². The molecule has 2 unspecified atom stereocenters. The highest BCUT2D eigenvalue weighted by Crippen LogP contribution is 2.38. The summed E-state index contributed by atoms with van der Waals surface area (Å²) in [7, 11) is 1.53. The van der Waals surface area contributed by atoms with E-state index in [0.29, 0.717) is 44.0 Å². The Kier molecular flexibility index (Phi) is 9.33. The van der Waals surface area contributed by atoms with Crippen LogP contribution in [-0.4, -0.2) is 64.1 Å². The summed E-state index contributed by atoms with van der Waals surface area (Å²) in [6.45, 7) is 4.15. The number of fused-ring (bicyclic) bond motifs is 1. The Morgan fingerprint density at radius 3 is 2.63 bits per heavy atom. The fourth-order valence-corrected chi connectivity index (χ4v) is 4.85. The number of methoxy groups -OCH3 is 1. The van der Waals surface area contributed by atoms with Crippen LogP contribution in [0, 0.1) is 0 Å². The molecule has 2 aromatic carbocycles. The molecule has 43 heavy (non-hydrogen) atoms. The molecule has 1 aliphatic rings. The van der Waals surface area contributed by atoms with Crippen molar-refractivity contribution < 1.29 is 36.9 Å². The zero-order valence-corrected chi connectivity index (χ0v) is 24.0. The predicted molar refractivity (Wildman–Crippen MR) is 151 cm³/mol. The van der Waals surface area contributed by atoms with Gasteiger partial charge in [-0.1, -0.05) is 30.3 Å². The number of nitrogens with zero attached hydrogens (tertiary/aromatic N) is 4. The smallest absolute Gasteiger partial charge is 0.425 e. The summed E-state index contributed by atoms with van der Waals surface area (Å²) in [6, 6.07) is 14.2. The van der Waals surface area contributed by atoms with Gasteiger partial charge in [0.1, 0.15) is 24.6 Å². The van der Waals surface area contributed by atoms with E-state index in [9.17, 15) is 18.0 Å². The van der Waals surface area contributed by atoms with E-state index >= 15 is 0 Å². The second-order valence-corrected chi connectivity index (χ2v) is 10.1. The van der Waals surface area contributed by atoms with Gasteiger partial charge in [-0.15, -0.1) is 5.10 Å². The molecule has 0 bridgehead atoms. The minimum atomic E-state index is -4.64. The second kappa shape index (κ2) is 13.1. The van der Waals surface area contributed by atoms with Gasteiger partial charge in [0.15, 0.2) is 11.9 Å². The third-order valence-corrected chi connectivity index (χ3v) is 7.19. The summed E-state index contributed by atoms with van der Waals surface area (Å²) < 4.78 is 71.9. The molecular weight excluding hydrogens is 569 g/mol. The molecule has 1 aliphatic heterocycles. The highest BCUT2D eigenvalue weighted by molar-refractivity contribution is 5.94. The average molecular weight is 603 g/mol. The van der Waals surface area contributed by atoms with Crippen LogP contribution in [0.3, 0.4) is 0 Å². The molecule has 2 aromatic heterocycles.